The number of benzene rings is 3. The molecule has 0 radical (unpaired) electrons. The topological polar surface area (TPSA) is 173 Å². The quantitative estimate of drug-likeness (QED) is 0.220. The van der Waals surface area contributed by atoms with E-state index < -0.39 is 58.0 Å². The van der Waals surface area contributed by atoms with Crippen molar-refractivity contribution in [1.82, 2.24) is 10.2 Å². The number of ketones is 2. The largest absolute Gasteiger partial charge is 0.510 e. The van der Waals surface area contributed by atoms with Crippen molar-refractivity contribution in [3.63, 3.8) is 0 Å². The third-order valence-corrected chi connectivity index (χ3v) is 9.37. The van der Waals surface area contributed by atoms with Gasteiger partial charge in [0.25, 0.3) is 5.91 Å². The average molecular weight is 610 g/mol. The number of aromatic hydroxyl groups is 1. The van der Waals surface area contributed by atoms with Gasteiger partial charge in [0.2, 0.25) is 5.78 Å². The fraction of sp³-hybridized carbons (Fsp3) is 0.286. The first kappa shape index (κ1) is 30.3. The van der Waals surface area contributed by atoms with Crippen LogP contribution in [-0.4, -0.2) is 68.5 Å². The van der Waals surface area contributed by atoms with E-state index in [9.17, 15) is 34.8 Å². The number of nitrogens with zero attached hydrogens (tertiary/aromatic N) is 1. The first-order chi connectivity index (χ1) is 21.4. The smallest absolute Gasteiger partial charge is 0.255 e. The van der Waals surface area contributed by atoms with Crippen molar-refractivity contribution in [2.75, 3.05) is 14.1 Å². The molecule has 45 heavy (non-hydrogen) atoms. The molecule has 0 fully saturated rings. The predicted octanol–water partition coefficient (Wildman–Crippen LogP) is 3.08. The number of hydrogen-bond donors (Lipinski definition) is 6. The second-order valence-corrected chi connectivity index (χ2v) is 12.2. The summed E-state index contributed by atoms with van der Waals surface area (Å²) < 4.78 is 0. The summed E-state index contributed by atoms with van der Waals surface area (Å²) in [5, 5.41) is 48.5. The van der Waals surface area contributed by atoms with E-state index in [0.29, 0.717) is 12.1 Å². The lowest BCUT2D eigenvalue weighted by atomic mass is 9.58. The van der Waals surface area contributed by atoms with Crippen LogP contribution in [-0.2, 0) is 29.1 Å². The zero-order chi connectivity index (χ0) is 32.2. The van der Waals surface area contributed by atoms with Gasteiger partial charge in [-0.05, 0) is 66.7 Å². The molecule has 0 bridgehead atoms. The van der Waals surface area contributed by atoms with Crippen molar-refractivity contribution in [3.8, 4) is 16.9 Å². The standard InChI is InChI=1S/C35H35N3O7/c1-38(2)29-24-15-21-14-23-22(20-10-8-19(9-11-20)17-37-16-18-6-4-3-5-7-18)12-13-25(39)27(23)30(40)26(21)32(42)35(24,45)33(43)28(31(29)41)34(36)44/h3-13,21,24,29,37,39,41-42,45H,14-17H2,1-2H3,(H2,36,44)/t21-,24-,29-,35-/m1/s1. The summed E-state index contributed by atoms with van der Waals surface area (Å²) in [6, 6.07) is 20.1. The van der Waals surface area contributed by atoms with E-state index in [4.69, 9.17) is 5.73 Å². The second-order valence-electron chi connectivity index (χ2n) is 12.2. The molecule has 3 aromatic carbocycles. The number of allylic oxidation sites excluding steroid dienone is 1. The van der Waals surface area contributed by atoms with Crippen LogP contribution < -0.4 is 11.1 Å². The molecule has 0 heterocycles. The molecule has 10 nitrogen and oxygen atoms in total. The lowest BCUT2D eigenvalue weighted by Crippen LogP contribution is -2.63. The summed E-state index contributed by atoms with van der Waals surface area (Å²) in [4.78, 5) is 41.2. The molecule has 232 valence electrons. The Morgan fingerprint density at radius 2 is 1.60 bits per heavy atom. The van der Waals surface area contributed by atoms with Gasteiger partial charge in [0, 0.05) is 24.6 Å². The number of aliphatic hydroxyl groups is 3. The summed E-state index contributed by atoms with van der Waals surface area (Å²) in [6.07, 6.45) is 0.255. The fourth-order valence-electron chi connectivity index (χ4n) is 7.27. The Bertz CT molecular complexity index is 1780. The van der Waals surface area contributed by atoms with Crippen molar-refractivity contribution in [3.05, 3.63) is 112 Å². The third kappa shape index (κ3) is 4.82. The van der Waals surface area contributed by atoms with Crippen molar-refractivity contribution in [1.29, 1.82) is 0 Å². The number of likely N-dealkylation sites (N-methyl/N-ethyl adjacent to an activating group) is 1. The second kappa shape index (κ2) is 11.3. The molecule has 0 aromatic heterocycles. The number of nitrogens with one attached hydrogen (secondary N) is 1. The number of rotatable bonds is 7. The van der Waals surface area contributed by atoms with Gasteiger partial charge >= 0.3 is 0 Å². The maximum atomic E-state index is 14.0. The minimum Gasteiger partial charge on any atom is -0.510 e. The van der Waals surface area contributed by atoms with Crippen LogP contribution >= 0.6 is 0 Å². The Kier molecular flexibility index (Phi) is 7.60. The molecule has 0 aliphatic heterocycles. The van der Waals surface area contributed by atoms with Gasteiger partial charge in [0.05, 0.1) is 11.6 Å². The van der Waals surface area contributed by atoms with Crippen molar-refractivity contribution in [2.45, 2.75) is 37.6 Å². The van der Waals surface area contributed by atoms with Crippen LogP contribution in [0.4, 0.5) is 0 Å². The first-order valence-corrected chi connectivity index (χ1v) is 14.8. The van der Waals surface area contributed by atoms with E-state index in [1.165, 1.54) is 16.5 Å². The number of carbonyl (C=O) groups is 3. The van der Waals surface area contributed by atoms with Crippen LogP contribution in [0.5, 0.6) is 5.75 Å². The summed E-state index contributed by atoms with van der Waals surface area (Å²) in [5.41, 5.74) is 6.13. The van der Waals surface area contributed by atoms with E-state index in [1.807, 2.05) is 42.5 Å². The minimum atomic E-state index is -2.66. The van der Waals surface area contributed by atoms with Crippen LogP contribution in [0.3, 0.4) is 0 Å². The van der Waals surface area contributed by atoms with Gasteiger partial charge < -0.3 is 31.5 Å². The molecule has 7 N–H and O–H groups in total. The lowest BCUT2D eigenvalue weighted by Gasteiger charge is -2.50. The number of Topliss-reactive ketones (excluding diaryl/α,β-unsaturated/α-hetero) is 2. The number of amides is 1. The summed E-state index contributed by atoms with van der Waals surface area (Å²) >= 11 is 0. The molecule has 3 aliphatic rings. The maximum Gasteiger partial charge on any atom is 0.255 e. The first-order valence-electron chi connectivity index (χ1n) is 14.8. The Hall–Kier alpha value is -4.77. The zero-order valence-electron chi connectivity index (χ0n) is 24.9. The number of hydrogen-bond acceptors (Lipinski definition) is 9. The number of nitrogens with two attached hydrogens (primary N) is 1. The van der Waals surface area contributed by atoms with Gasteiger partial charge in [-0.1, -0.05) is 60.7 Å². The van der Waals surface area contributed by atoms with Crippen molar-refractivity contribution >= 4 is 17.5 Å². The van der Waals surface area contributed by atoms with Crippen LogP contribution in [0.25, 0.3) is 11.1 Å². The van der Waals surface area contributed by atoms with E-state index in [-0.39, 0.29) is 29.7 Å². The molecule has 10 heteroatoms. The fourth-order valence-corrected chi connectivity index (χ4v) is 7.27. The monoisotopic (exact) mass is 609 g/mol. The maximum absolute atomic E-state index is 14.0. The molecule has 3 aromatic rings. The van der Waals surface area contributed by atoms with Crippen LogP contribution in [0.2, 0.25) is 0 Å². The van der Waals surface area contributed by atoms with E-state index in [2.05, 4.69) is 17.4 Å². The highest BCUT2D eigenvalue weighted by Gasteiger charge is 2.63. The van der Waals surface area contributed by atoms with Gasteiger partial charge in [-0.2, -0.15) is 0 Å². The summed E-state index contributed by atoms with van der Waals surface area (Å²) in [5.74, 6) is -6.69. The zero-order valence-corrected chi connectivity index (χ0v) is 24.9. The predicted molar refractivity (Wildman–Crippen MR) is 166 cm³/mol. The Morgan fingerprint density at radius 1 is 0.956 bits per heavy atom. The number of aliphatic hydroxyl groups excluding tert-OH is 2. The van der Waals surface area contributed by atoms with Gasteiger partial charge in [-0.3, -0.25) is 19.3 Å². The van der Waals surface area contributed by atoms with E-state index in [0.717, 1.165) is 23.2 Å². The molecule has 0 saturated carbocycles. The molecule has 3 aliphatic carbocycles. The molecule has 0 saturated heterocycles. The van der Waals surface area contributed by atoms with Crippen LogP contribution in [0.15, 0.2) is 89.4 Å². The summed E-state index contributed by atoms with van der Waals surface area (Å²) in [6.45, 7) is 1.39. The number of phenolic OH excluding ortho intramolecular Hbond substituents is 1. The molecule has 6 rings (SSSR count). The number of phenols is 1. The average Bonchev–Trinajstić information content (AvgIpc) is 3.00. The third-order valence-electron chi connectivity index (χ3n) is 9.37. The Morgan fingerprint density at radius 3 is 2.22 bits per heavy atom. The number of primary amides is 1. The molecule has 0 unspecified atom stereocenters. The highest BCUT2D eigenvalue weighted by atomic mass is 16.3. The lowest BCUT2D eigenvalue weighted by molar-refractivity contribution is -0.148. The SMILES string of the molecule is CN(C)[C@H]1C(O)=C(C(N)=O)C(=O)[C@]2(O)C(O)=C3C(=O)c4c(O)ccc(-c5ccc(CNCc6ccccc6)cc5)c4C[C@@H]3C[C@H]12. The van der Waals surface area contributed by atoms with Crippen LogP contribution in [0, 0.1) is 11.8 Å². The Labute approximate surface area is 260 Å². The van der Waals surface area contributed by atoms with Crippen molar-refractivity contribution < 1.29 is 34.8 Å². The number of carbonyl (C=O) groups excluding carboxylic acids is 3. The molecule has 4 atom stereocenters. The van der Waals surface area contributed by atoms with Gasteiger partial charge in [0.15, 0.2) is 11.4 Å². The van der Waals surface area contributed by atoms with Crippen molar-refractivity contribution in [2.24, 2.45) is 17.6 Å². The van der Waals surface area contributed by atoms with Gasteiger partial charge in [0.1, 0.15) is 22.8 Å². The van der Waals surface area contributed by atoms with E-state index in [1.54, 1.807) is 20.2 Å². The van der Waals surface area contributed by atoms with Gasteiger partial charge in [-0.25, -0.2) is 0 Å². The van der Waals surface area contributed by atoms with Crippen LogP contribution in [0.1, 0.15) is 33.5 Å². The highest BCUT2D eigenvalue weighted by molar-refractivity contribution is 6.24. The molecular weight excluding hydrogens is 574 g/mol. The molecule has 1 amide bonds. The summed E-state index contributed by atoms with van der Waals surface area (Å²) in [7, 11) is 3.20. The Balaban J connectivity index is 1.36. The molecular formula is C35H35N3O7. The highest BCUT2D eigenvalue weighted by Crippen LogP contribution is 2.53. The van der Waals surface area contributed by atoms with E-state index >= 15 is 0 Å². The van der Waals surface area contributed by atoms with Gasteiger partial charge in [-0.15, -0.1) is 0 Å². The molecule has 0 spiro atoms. The normalized spacial score (nSPS) is 24.4. The minimum absolute atomic E-state index is 0.0121. The number of fused-ring (bicyclic) bond motifs is 3.